The van der Waals surface area contributed by atoms with Crippen molar-refractivity contribution >= 4 is 5.91 Å². The molecule has 1 aliphatic heterocycles. The highest BCUT2D eigenvalue weighted by atomic mass is 16.7. The fourth-order valence-corrected chi connectivity index (χ4v) is 3.47. The molecule has 1 amide bonds. The van der Waals surface area contributed by atoms with Crippen molar-refractivity contribution in [1.29, 1.82) is 0 Å². The van der Waals surface area contributed by atoms with Crippen molar-refractivity contribution < 1.29 is 23.7 Å². The maximum absolute atomic E-state index is 12.8. The van der Waals surface area contributed by atoms with Crippen LogP contribution in [-0.4, -0.2) is 29.8 Å². The summed E-state index contributed by atoms with van der Waals surface area (Å²) in [6, 6.07) is 21.8. The first-order valence-electron chi connectivity index (χ1n) is 10.6. The molecule has 5 rings (SSSR count). The molecule has 1 N–H and O–H groups in total. The van der Waals surface area contributed by atoms with Gasteiger partial charge in [-0.25, -0.2) is 9.97 Å². The molecule has 0 spiro atoms. The number of methoxy groups -OCH3 is 1. The van der Waals surface area contributed by atoms with Crippen molar-refractivity contribution in [3.05, 3.63) is 90.3 Å². The Morgan fingerprint density at radius 1 is 0.941 bits per heavy atom. The quantitative estimate of drug-likeness (QED) is 0.435. The Morgan fingerprint density at radius 3 is 2.62 bits per heavy atom. The lowest BCUT2D eigenvalue weighted by atomic mass is 10.1. The zero-order valence-electron chi connectivity index (χ0n) is 18.4. The van der Waals surface area contributed by atoms with Crippen LogP contribution in [0.3, 0.4) is 0 Å². The van der Waals surface area contributed by atoms with Crippen LogP contribution in [0.25, 0.3) is 11.3 Å². The van der Waals surface area contributed by atoms with Crippen LogP contribution < -0.4 is 24.3 Å². The van der Waals surface area contributed by atoms with Crippen LogP contribution in [0.15, 0.2) is 79.1 Å². The van der Waals surface area contributed by atoms with Crippen LogP contribution in [-0.2, 0) is 6.54 Å². The Labute approximate surface area is 196 Å². The molecule has 2 heterocycles. The second kappa shape index (κ2) is 9.50. The number of hydrogen-bond acceptors (Lipinski definition) is 7. The summed E-state index contributed by atoms with van der Waals surface area (Å²) in [5.74, 6) is 2.97. The number of aromatic nitrogens is 2. The molecule has 170 valence electrons. The van der Waals surface area contributed by atoms with E-state index in [2.05, 4.69) is 15.3 Å². The minimum Gasteiger partial charge on any atom is -0.497 e. The summed E-state index contributed by atoms with van der Waals surface area (Å²) in [6.45, 7) is 0.584. The lowest BCUT2D eigenvalue weighted by Crippen LogP contribution is -2.22. The van der Waals surface area contributed by atoms with Gasteiger partial charge < -0.3 is 24.3 Å². The van der Waals surface area contributed by atoms with Gasteiger partial charge in [-0.3, -0.25) is 4.79 Å². The molecule has 1 aliphatic rings. The van der Waals surface area contributed by atoms with Crippen LogP contribution in [0, 0.1) is 0 Å². The monoisotopic (exact) mass is 455 g/mol. The van der Waals surface area contributed by atoms with Crippen LogP contribution >= 0.6 is 0 Å². The average Bonchev–Trinajstić information content (AvgIpc) is 3.36. The summed E-state index contributed by atoms with van der Waals surface area (Å²) in [5.41, 5.74) is 2.86. The van der Waals surface area contributed by atoms with E-state index in [4.69, 9.17) is 18.9 Å². The average molecular weight is 455 g/mol. The molecule has 34 heavy (non-hydrogen) atoms. The Hall–Kier alpha value is -4.59. The summed E-state index contributed by atoms with van der Waals surface area (Å²) >= 11 is 0. The molecule has 0 bridgehead atoms. The maximum Gasteiger partial charge on any atom is 0.251 e. The van der Waals surface area contributed by atoms with E-state index >= 15 is 0 Å². The third kappa shape index (κ3) is 4.75. The molecule has 0 atom stereocenters. The molecule has 0 fully saturated rings. The molecule has 8 nitrogen and oxygen atoms in total. The SMILES string of the molecule is COc1ccc(Oc2cc(-c3cccc(C(=O)NCc4ccc5c(c4)OCO5)c3)ncn2)cc1. The molecule has 1 aromatic heterocycles. The number of ether oxygens (including phenoxy) is 4. The Bertz CT molecular complexity index is 1320. The smallest absolute Gasteiger partial charge is 0.251 e. The van der Waals surface area contributed by atoms with E-state index in [1.54, 1.807) is 37.4 Å². The number of amides is 1. The zero-order chi connectivity index (χ0) is 23.3. The number of hydrogen-bond donors (Lipinski definition) is 1. The number of carbonyl (C=O) groups excluding carboxylic acids is 1. The van der Waals surface area contributed by atoms with Gasteiger partial charge in [0.2, 0.25) is 12.7 Å². The van der Waals surface area contributed by atoms with E-state index in [0.29, 0.717) is 40.9 Å². The largest absolute Gasteiger partial charge is 0.497 e. The van der Waals surface area contributed by atoms with E-state index in [-0.39, 0.29) is 12.7 Å². The summed E-state index contributed by atoms with van der Waals surface area (Å²) in [6.07, 6.45) is 1.43. The van der Waals surface area contributed by atoms with Crippen LogP contribution in [0.2, 0.25) is 0 Å². The molecule has 3 aromatic carbocycles. The number of nitrogens with zero attached hydrogens (tertiary/aromatic N) is 2. The highest BCUT2D eigenvalue weighted by Gasteiger charge is 2.14. The minimum absolute atomic E-state index is 0.191. The maximum atomic E-state index is 12.8. The molecule has 0 unspecified atom stereocenters. The first kappa shape index (κ1) is 21.3. The molecule has 8 heteroatoms. The van der Waals surface area contributed by atoms with Gasteiger partial charge in [-0.1, -0.05) is 18.2 Å². The van der Waals surface area contributed by atoms with Crippen molar-refractivity contribution in [2.45, 2.75) is 6.54 Å². The van der Waals surface area contributed by atoms with Gasteiger partial charge in [-0.15, -0.1) is 0 Å². The zero-order valence-corrected chi connectivity index (χ0v) is 18.4. The van der Waals surface area contributed by atoms with Crippen molar-refractivity contribution in [2.75, 3.05) is 13.9 Å². The van der Waals surface area contributed by atoms with Gasteiger partial charge in [-0.05, 0) is 54.1 Å². The Balaban J connectivity index is 1.27. The van der Waals surface area contributed by atoms with Crippen molar-refractivity contribution in [1.82, 2.24) is 15.3 Å². The van der Waals surface area contributed by atoms with E-state index in [9.17, 15) is 4.79 Å². The highest BCUT2D eigenvalue weighted by Crippen LogP contribution is 2.32. The van der Waals surface area contributed by atoms with Crippen LogP contribution in [0.4, 0.5) is 0 Å². The van der Waals surface area contributed by atoms with Gasteiger partial charge in [0.05, 0.1) is 12.8 Å². The topological polar surface area (TPSA) is 91.8 Å². The molecule has 0 aliphatic carbocycles. The standard InChI is InChI=1S/C26H21N3O5/c1-31-20-6-8-21(9-7-20)34-25-13-22(28-15-29-25)18-3-2-4-19(12-18)26(30)27-14-17-5-10-23-24(11-17)33-16-32-23/h2-13,15H,14,16H2,1H3,(H,27,30). The van der Waals surface area contributed by atoms with Gasteiger partial charge in [0, 0.05) is 23.7 Å². The van der Waals surface area contributed by atoms with Crippen LogP contribution in [0.1, 0.15) is 15.9 Å². The second-order valence-corrected chi connectivity index (χ2v) is 7.47. The molecule has 0 radical (unpaired) electrons. The summed E-state index contributed by atoms with van der Waals surface area (Å²) in [5, 5.41) is 2.94. The van der Waals surface area contributed by atoms with Gasteiger partial charge in [0.1, 0.15) is 17.8 Å². The number of rotatable bonds is 7. The summed E-state index contributed by atoms with van der Waals surface area (Å²) < 4.78 is 21.7. The molecule has 0 saturated carbocycles. The van der Waals surface area contributed by atoms with E-state index in [0.717, 1.165) is 16.9 Å². The fraction of sp³-hybridized carbons (Fsp3) is 0.115. The number of nitrogens with one attached hydrogen (secondary N) is 1. The van der Waals surface area contributed by atoms with Crippen molar-refractivity contribution in [2.24, 2.45) is 0 Å². The minimum atomic E-state index is -0.191. The van der Waals surface area contributed by atoms with Crippen molar-refractivity contribution in [3.63, 3.8) is 0 Å². The van der Waals surface area contributed by atoms with E-state index in [1.807, 2.05) is 42.5 Å². The fourth-order valence-electron chi connectivity index (χ4n) is 3.47. The third-order valence-corrected chi connectivity index (χ3v) is 5.23. The normalized spacial score (nSPS) is 11.7. The summed E-state index contributed by atoms with van der Waals surface area (Å²) in [7, 11) is 1.61. The Kier molecular flexibility index (Phi) is 5.94. The van der Waals surface area contributed by atoms with Gasteiger partial charge in [0.25, 0.3) is 5.91 Å². The van der Waals surface area contributed by atoms with E-state index in [1.165, 1.54) is 6.33 Å². The number of benzene rings is 3. The number of fused-ring (bicyclic) bond motifs is 1. The van der Waals surface area contributed by atoms with Gasteiger partial charge in [-0.2, -0.15) is 0 Å². The lowest BCUT2D eigenvalue weighted by molar-refractivity contribution is 0.0951. The first-order valence-corrected chi connectivity index (χ1v) is 10.6. The second-order valence-electron chi connectivity index (χ2n) is 7.47. The molecule has 4 aromatic rings. The predicted molar refractivity (Wildman–Crippen MR) is 124 cm³/mol. The predicted octanol–water partition coefficient (Wildman–Crippen LogP) is 4.60. The van der Waals surface area contributed by atoms with Crippen LogP contribution in [0.5, 0.6) is 28.9 Å². The lowest BCUT2D eigenvalue weighted by Gasteiger charge is -2.09. The van der Waals surface area contributed by atoms with Gasteiger partial charge in [0.15, 0.2) is 11.5 Å². The summed E-state index contributed by atoms with van der Waals surface area (Å²) in [4.78, 5) is 21.3. The Morgan fingerprint density at radius 2 is 1.76 bits per heavy atom. The molecule has 0 saturated heterocycles. The number of carbonyl (C=O) groups is 1. The van der Waals surface area contributed by atoms with E-state index < -0.39 is 0 Å². The highest BCUT2D eigenvalue weighted by molar-refractivity contribution is 5.95. The molecular weight excluding hydrogens is 434 g/mol. The van der Waals surface area contributed by atoms with Crippen molar-refractivity contribution in [3.8, 4) is 40.1 Å². The molecular formula is C26H21N3O5. The van der Waals surface area contributed by atoms with Gasteiger partial charge >= 0.3 is 0 Å². The first-order chi connectivity index (χ1) is 16.7. The third-order valence-electron chi connectivity index (χ3n) is 5.23.